The van der Waals surface area contributed by atoms with E-state index >= 15 is 0 Å². The predicted molar refractivity (Wildman–Crippen MR) is 57.0 cm³/mol. The van der Waals surface area contributed by atoms with Crippen LogP contribution in [0.5, 0.6) is 0 Å². The maximum atomic E-state index is 4.19. The second-order valence-electron chi connectivity index (χ2n) is 3.26. The first-order chi connectivity index (χ1) is 6.95. The number of aromatic nitrogens is 2. The fraction of sp³-hybridized carbons (Fsp3) is 0. The predicted octanol–water partition coefficient (Wildman–Crippen LogP) is 2.78. The molecule has 0 unspecified atom stereocenters. The Labute approximate surface area is 81.2 Å². The van der Waals surface area contributed by atoms with Crippen LogP contribution in [0.2, 0.25) is 0 Å². The molecule has 0 radical (unpaired) electrons. The third-order valence-corrected chi connectivity index (χ3v) is 2.41. The highest BCUT2D eigenvalue weighted by Gasteiger charge is 1.99. The van der Waals surface area contributed by atoms with Crippen LogP contribution < -0.4 is 0 Å². The van der Waals surface area contributed by atoms with Gasteiger partial charge < -0.3 is 0 Å². The molecule has 14 heavy (non-hydrogen) atoms. The van der Waals surface area contributed by atoms with E-state index in [9.17, 15) is 0 Å². The van der Waals surface area contributed by atoms with Crippen LogP contribution in [0.3, 0.4) is 0 Å². The number of rotatable bonds is 0. The zero-order chi connectivity index (χ0) is 9.38. The van der Waals surface area contributed by atoms with E-state index in [1.54, 1.807) is 6.20 Å². The monoisotopic (exact) mass is 180 g/mol. The number of fused-ring (bicyclic) bond motifs is 3. The Morgan fingerprint density at radius 1 is 0.786 bits per heavy atom. The van der Waals surface area contributed by atoms with Gasteiger partial charge in [0, 0.05) is 17.0 Å². The van der Waals surface area contributed by atoms with Crippen molar-refractivity contribution < 1.29 is 0 Å². The zero-order valence-electron chi connectivity index (χ0n) is 7.51. The quantitative estimate of drug-likeness (QED) is 0.531. The average molecular weight is 180 g/mol. The number of nitrogens with zero attached hydrogens (tertiary/aromatic N) is 2. The van der Waals surface area contributed by atoms with E-state index in [1.807, 2.05) is 18.2 Å². The van der Waals surface area contributed by atoms with Gasteiger partial charge in [-0.2, -0.15) is 5.10 Å². The maximum absolute atomic E-state index is 4.19. The average Bonchev–Trinajstić information content (AvgIpc) is 2.55. The topological polar surface area (TPSA) is 25.8 Å². The normalized spacial score (nSPS) is 10.9. The van der Waals surface area contributed by atoms with Crippen LogP contribution in [-0.2, 0) is 0 Å². The minimum atomic E-state index is 0.970. The van der Waals surface area contributed by atoms with Gasteiger partial charge in [0.1, 0.15) is 5.52 Å². The lowest BCUT2D eigenvalue weighted by molar-refractivity contribution is 1.09. The highest BCUT2D eigenvalue weighted by Crippen LogP contribution is 2.22. The van der Waals surface area contributed by atoms with Crippen LogP contribution in [-0.4, -0.2) is 10.2 Å². The Bertz CT molecular complexity index is 602. The number of hydrogen-bond donors (Lipinski definition) is 0. The van der Waals surface area contributed by atoms with Crippen molar-refractivity contribution in [3.63, 3.8) is 0 Å². The van der Waals surface area contributed by atoms with Crippen molar-refractivity contribution >= 4 is 21.7 Å². The van der Waals surface area contributed by atoms with E-state index in [1.165, 1.54) is 10.8 Å². The van der Waals surface area contributed by atoms with Crippen molar-refractivity contribution in [2.75, 3.05) is 0 Å². The highest BCUT2D eigenvalue weighted by atomic mass is 15.1. The smallest absolute Gasteiger partial charge is 0.101 e. The first-order valence-electron chi connectivity index (χ1n) is 4.54. The molecule has 0 saturated carbocycles. The molecule has 3 rings (SSSR count). The van der Waals surface area contributed by atoms with Gasteiger partial charge >= 0.3 is 0 Å². The maximum Gasteiger partial charge on any atom is 0.101 e. The first kappa shape index (κ1) is 7.44. The summed E-state index contributed by atoms with van der Waals surface area (Å²) in [5.74, 6) is 0. The summed E-state index contributed by atoms with van der Waals surface area (Å²) in [6, 6.07) is 14.3. The Hall–Kier alpha value is -1.96. The molecule has 2 aromatic carbocycles. The molecule has 0 saturated heterocycles. The summed E-state index contributed by atoms with van der Waals surface area (Å²) in [7, 11) is 0. The summed E-state index contributed by atoms with van der Waals surface area (Å²) in [6.07, 6.45) is 1.70. The van der Waals surface area contributed by atoms with Gasteiger partial charge in [0.2, 0.25) is 0 Å². The van der Waals surface area contributed by atoms with Gasteiger partial charge in [-0.15, -0.1) is 5.10 Å². The van der Waals surface area contributed by atoms with Crippen molar-refractivity contribution in [2.45, 2.75) is 0 Å². The van der Waals surface area contributed by atoms with E-state index in [0.29, 0.717) is 0 Å². The summed E-state index contributed by atoms with van der Waals surface area (Å²) < 4.78 is 0. The van der Waals surface area contributed by atoms with E-state index < -0.39 is 0 Å². The molecule has 2 heteroatoms. The fourth-order valence-corrected chi connectivity index (χ4v) is 1.73. The molecule has 66 valence electrons. The molecule has 0 aliphatic rings. The van der Waals surface area contributed by atoms with E-state index in [4.69, 9.17) is 0 Å². The first-order valence-corrected chi connectivity index (χ1v) is 4.54. The van der Waals surface area contributed by atoms with Crippen LogP contribution >= 0.6 is 0 Å². The number of hydrogen-bond acceptors (Lipinski definition) is 2. The summed E-state index contributed by atoms with van der Waals surface area (Å²) in [6.45, 7) is 0. The van der Waals surface area contributed by atoms with Crippen LogP contribution in [0.1, 0.15) is 0 Å². The molecular weight excluding hydrogens is 172 g/mol. The number of benzene rings is 1. The summed E-state index contributed by atoms with van der Waals surface area (Å²) in [5, 5.41) is 11.7. The molecule has 1 aromatic heterocycles. The molecule has 0 fully saturated rings. The molecule has 3 aromatic rings. The van der Waals surface area contributed by atoms with Crippen molar-refractivity contribution in [3.05, 3.63) is 48.7 Å². The molecule has 0 aliphatic carbocycles. The molecular formula is C12H8N2. The van der Waals surface area contributed by atoms with Gasteiger partial charge in [-0.3, -0.25) is 0 Å². The standard InChI is InChI=1S/C12H8N2/c1-3-9-6-7-10-4-2-8-13-14-12(10)11(9)5-1/h1-8H. The lowest BCUT2D eigenvalue weighted by Crippen LogP contribution is -1.75. The van der Waals surface area contributed by atoms with Crippen molar-refractivity contribution in [2.24, 2.45) is 0 Å². The third kappa shape index (κ3) is 0.973. The van der Waals surface area contributed by atoms with E-state index in [0.717, 1.165) is 10.9 Å². The highest BCUT2D eigenvalue weighted by molar-refractivity contribution is 6.05. The third-order valence-electron chi connectivity index (χ3n) is 2.41. The SMILES string of the molecule is c1cnnc2c(c1)ccc1cccc12. The Kier molecular flexibility index (Phi) is 1.47. The van der Waals surface area contributed by atoms with Gasteiger partial charge in [0.25, 0.3) is 0 Å². The lowest BCUT2D eigenvalue weighted by atomic mass is 10.1. The Morgan fingerprint density at radius 3 is 2.64 bits per heavy atom. The second-order valence-corrected chi connectivity index (χ2v) is 3.26. The molecule has 0 amide bonds. The van der Waals surface area contributed by atoms with Crippen LogP contribution in [0.25, 0.3) is 21.7 Å². The largest absolute Gasteiger partial charge is 0.159 e. The molecule has 1 heterocycles. The van der Waals surface area contributed by atoms with Crippen LogP contribution in [0.4, 0.5) is 0 Å². The molecule has 0 atom stereocenters. The second kappa shape index (κ2) is 2.77. The van der Waals surface area contributed by atoms with Crippen LogP contribution in [0, 0.1) is 0 Å². The molecule has 0 bridgehead atoms. The Morgan fingerprint density at radius 2 is 1.64 bits per heavy atom. The van der Waals surface area contributed by atoms with Crippen molar-refractivity contribution in [1.29, 1.82) is 0 Å². The van der Waals surface area contributed by atoms with Crippen molar-refractivity contribution in [3.8, 4) is 0 Å². The van der Waals surface area contributed by atoms with E-state index in [-0.39, 0.29) is 0 Å². The van der Waals surface area contributed by atoms with Gasteiger partial charge in [-0.25, -0.2) is 0 Å². The summed E-state index contributed by atoms with van der Waals surface area (Å²) in [4.78, 5) is 0. The molecule has 0 spiro atoms. The Balaban J connectivity index is 2.64. The minimum Gasteiger partial charge on any atom is -0.159 e. The lowest BCUT2D eigenvalue weighted by Gasteiger charge is -1.93. The zero-order valence-corrected chi connectivity index (χ0v) is 7.51. The van der Waals surface area contributed by atoms with Gasteiger partial charge in [0.05, 0.1) is 0 Å². The summed E-state index contributed by atoms with van der Waals surface area (Å²) >= 11 is 0. The van der Waals surface area contributed by atoms with Gasteiger partial charge in [0.15, 0.2) is 0 Å². The molecule has 2 nitrogen and oxygen atoms in total. The van der Waals surface area contributed by atoms with E-state index in [2.05, 4.69) is 34.5 Å². The minimum absolute atomic E-state index is 0.970. The summed E-state index contributed by atoms with van der Waals surface area (Å²) in [5.41, 5.74) is 0.970. The van der Waals surface area contributed by atoms with Gasteiger partial charge in [-0.1, -0.05) is 36.4 Å². The fourth-order valence-electron chi connectivity index (χ4n) is 1.73. The molecule has 0 aliphatic heterocycles. The molecule has 0 N–H and O–H groups in total. The van der Waals surface area contributed by atoms with Crippen molar-refractivity contribution in [1.82, 2.24) is 10.2 Å². The van der Waals surface area contributed by atoms with Crippen LogP contribution in [0.15, 0.2) is 48.7 Å². The van der Waals surface area contributed by atoms with Gasteiger partial charge in [-0.05, 0) is 11.5 Å².